The summed E-state index contributed by atoms with van der Waals surface area (Å²) >= 11 is 0. The molecule has 0 aromatic heterocycles. The molecule has 0 aromatic carbocycles. The molecule has 0 radical (unpaired) electrons. The molecule has 0 aromatic rings. The molecular formula is C4H7F4N. The third kappa shape index (κ3) is 5.55. The molecule has 0 amide bonds. The van der Waals surface area contributed by atoms with Gasteiger partial charge in [-0.25, -0.2) is 4.39 Å². The second-order valence-electron chi connectivity index (χ2n) is 1.65. The van der Waals surface area contributed by atoms with E-state index in [0.29, 0.717) is 0 Å². The largest absolute Gasteiger partial charge is 0.391 e. The molecule has 0 rings (SSSR count). The Morgan fingerprint density at radius 3 is 1.89 bits per heavy atom. The molecule has 0 aliphatic heterocycles. The highest BCUT2D eigenvalue weighted by molar-refractivity contribution is 4.61. The molecule has 0 heterocycles. The standard InChI is InChI=1S/C4H7F4N/c5-3(2-9)1-4(6,7)8/h3H,1-2,9H2/t3-/m1/s1. The summed E-state index contributed by atoms with van der Waals surface area (Å²) in [6, 6.07) is 0. The quantitative estimate of drug-likeness (QED) is 0.581. The minimum Gasteiger partial charge on any atom is -0.328 e. The van der Waals surface area contributed by atoms with E-state index in [1.165, 1.54) is 0 Å². The lowest BCUT2D eigenvalue weighted by Crippen LogP contribution is -2.22. The van der Waals surface area contributed by atoms with E-state index in [4.69, 9.17) is 0 Å². The van der Waals surface area contributed by atoms with Gasteiger partial charge in [0.15, 0.2) is 0 Å². The van der Waals surface area contributed by atoms with Crippen LogP contribution in [0.2, 0.25) is 0 Å². The van der Waals surface area contributed by atoms with E-state index in [1.807, 2.05) is 0 Å². The number of hydrogen-bond donors (Lipinski definition) is 1. The smallest absolute Gasteiger partial charge is 0.328 e. The van der Waals surface area contributed by atoms with Crippen LogP contribution in [0.5, 0.6) is 0 Å². The molecule has 0 saturated carbocycles. The number of halogens is 4. The summed E-state index contributed by atoms with van der Waals surface area (Å²) in [6.45, 7) is -0.570. The number of alkyl halides is 4. The van der Waals surface area contributed by atoms with E-state index >= 15 is 0 Å². The Labute approximate surface area is 49.8 Å². The van der Waals surface area contributed by atoms with E-state index in [2.05, 4.69) is 5.73 Å². The fourth-order valence-electron chi connectivity index (χ4n) is 0.334. The molecule has 5 heteroatoms. The number of nitrogens with two attached hydrogens (primary N) is 1. The summed E-state index contributed by atoms with van der Waals surface area (Å²) in [7, 11) is 0. The van der Waals surface area contributed by atoms with E-state index in [9.17, 15) is 17.6 Å². The summed E-state index contributed by atoms with van der Waals surface area (Å²) < 4.78 is 45.4. The van der Waals surface area contributed by atoms with Gasteiger partial charge in [-0.05, 0) is 0 Å². The van der Waals surface area contributed by atoms with Crippen molar-refractivity contribution in [1.29, 1.82) is 0 Å². The van der Waals surface area contributed by atoms with Crippen LogP contribution in [0, 0.1) is 0 Å². The van der Waals surface area contributed by atoms with E-state index in [0.717, 1.165) is 0 Å². The van der Waals surface area contributed by atoms with Crippen LogP contribution in [0.15, 0.2) is 0 Å². The van der Waals surface area contributed by atoms with Crippen molar-refractivity contribution in [3.63, 3.8) is 0 Å². The molecule has 56 valence electrons. The van der Waals surface area contributed by atoms with Gasteiger partial charge in [0.25, 0.3) is 0 Å². The molecule has 0 unspecified atom stereocenters. The molecule has 0 aliphatic rings. The zero-order valence-electron chi connectivity index (χ0n) is 4.58. The maximum absolute atomic E-state index is 11.8. The van der Waals surface area contributed by atoms with Crippen molar-refractivity contribution in [3.8, 4) is 0 Å². The van der Waals surface area contributed by atoms with Gasteiger partial charge in [-0.15, -0.1) is 0 Å². The van der Waals surface area contributed by atoms with E-state index < -0.39 is 25.3 Å². The summed E-state index contributed by atoms with van der Waals surface area (Å²) in [5, 5.41) is 0. The molecular weight excluding hydrogens is 138 g/mol. The van der Waals surface area contributed by atoms with Crippen molar-refractivity contribution in [2.45, 2.75) is 18.8 Å². The predicted molar refractivity (Wildman–Crippen MR) is 24.6 cm³/mol. The third-order valence-electron chi connectivity index (χ3n) is 0.709. The zero-order valence-corrected chi connectivity index (χ0v) is 4.58. The Hall–Kier alpha value is -0.320. The van der Waals surface area contributed by atoms with Crippen molar-refractivity contribution >= 4 is 0 Å². The van der Waals surface area contributed by atoms with Crippen molar-refractivity contribution < 1.29 is 17.6 Å². The summed E-state index contributed by atoms with van der Waals surface area (Å²) in [5.74, 6) is 0. The molecule has 1 atom stereocenters. The Morgan fingerprint density at radius 1 is 1.33 bits per heavy atom. The fourth-order valence-corrected chi connectivity index (χ4v) is 0.334. The summed E-state index contributed by atoms with van der Waals surface area (Å²) in [6.07, 6.45) is -7.83. The van der Waals surface area contributed by atoms with Gasteiger partial charge in [0.05, 0.1) is 6.42 Å². The molecule has 2 N–H and O–H groups in total. The van der Waals surface area contributed by atoms with Crippen LogP contribution in [0.1, 0.15) is 6.42 Å². The SMILES string of the molecule is NC[C@H](F)CC(F)(F)F. The van der Waals surface area contributed by atoms with Crippen LogP contribution >= 0.6 is 0 Å². The number of rotatable bonds is 2. The molecule has 9 heavy (non-hydrogen) atoms. The maximum Gasteiger partial charge on any atom is 0.391 e. The maximum atomic E-state index is 11.8. The van der Waals surface area contributed by atoms with Crippen LogP contribution in [0.3, 0.4) is 0 Å². The highest BCUT2D eigenvalue weighted by Crippen LogP contribution is 2.22. The van der Waals surface area contributed by atoms with Crippen LogP contribution in [0.4, 0.5) is 17.6 Å². The van der Waals surface area contributed by atoms with Crippen LogP contribution in [-0.4, -0.2) is 18.9 Å². The average molecular weight is 145 g/mol. The molecule has 0 fully saturated rings. The molecule has 0 saturated heterocycles. The van der Waals surface area contributed by atoms with Gasteiger partial charge >= 0.3 is 6.18 Å². The lowest BCUT2D eigenvalue weighted by atomic mass is 10.3. The zero-order chi connectivity index (χ0) is 7.49. The Kier molecular flexibility index (Phi) is 2.90. The van der Waals surface area contributed by atoms with Crippen molar-refractivity contribution in [2.75, 3.05) is 6.54 Å². The Bertz CT molecular complexity index is 79.1. The molecule has 1 nitrogen and oxygen atoms in total. The topological polar surface area (TPSA) is 26.0 Å². The fraction of sp³-hybridized carbons (Fsp3) is 1.00. The average Bonchev–Trinajstić information content (AvgIpc) is 1.62. The second-order valence-corrected chi connectivity index (χ2v) is 1.65. The lowest BCUT2D eigenvalue weighted by molar-refractivity contribution is -0.145. The van der Waals surface area contributed by atoms with Gasteiger partial charge in [-0.2, -0.15) is 13.2 Å². The monoisotopic (exact) mass is 145 g/mol. The van der Waals surface area contributed by atoms with Gasteiger partial charge in [-0.3, -0.25) is 0 Å². The normalized spacial score (nSPS) is 15.7. The molecule has 0 aliphatic carbocycles. The highest BCUT2D eigenvalue weighted by atomic mass is 19.4. The Balaban J connectivity index is 3.47. The number of hydrogen-bond acceptors (Lipinski definition) is 1. The first-order valence-electron chi connectivity index (χ1n) is 2.36. The van der Waals surface area contributed by atoms with Crippen molar-refractivity contribution in [1.82, 2.24) is 0 Å². The minimum atomic E-state index is -4.43. The highest BCUT2D eigenvalue weighted by Gasteiger charge is 2.31. The first-order chi connectivity index (χ1) is 3.95. The summed E-state index contributed by atoms with van der Waals surface area (Å²) in [4.78, 5) is 0. The molecule has 0 spiro atoms. The van der Waals surface area contributed by atoms with Gasteiger partial charge in [0.2, 0.25) is 0 Å². The van der Waals surface area contributed by atoms with Gasteiger partial charge < -0.3 is 5.73 Å². The van der Waals surface area contributed by atoms with Gasteiger partial charge in [0, 0.05) is 6.54 Å². The first kappa shape index (κ1) is 8.68. The van der Waals surface area contributed by atoms with Crippen molar-refractivity contribution in [3.05, 3.63) is 0 Å². The van der Waals surface area contributed by atoms with Gasteiger partial charge in [0.1, 0.15) is 6.17 Å². The molecule has 0 bridgehead atoms. The van der Waals surface area contributed by atoms with Crippen LogP contribution in [0.25, 0.3) is 0 Å². The third-order valence-corrected chi connectivity index (χ3v) is 0.709. The lowest BCUT2D eigenvalue weighted by Gasteiger charge is -2.07. The second kappa shape index (κ2) is 3.00. The first-order valence-corrected chi connectivity index (χ1v) is 2.36. The van der Waals surface area contributed by atoms with Crippen molar-refractivity contribution in [2.24, 2.45) is 5.73 Å². The van der Waals surface area contributed by atoms with Crippen LogP contribution in [-0.2, 0) is 0 Å². The van der Waals surface area contributed by atoms with E-state index in [1.54, 1.807) is 0 Å². The minimum absolute atomic E-state index is 0.570. The van der Waals surface area contributed by atoms with E-state index in [-0.39, 0.29) is 0 Å². The van der Waals surface area contributed by atoms with Gasteiger partial charge in [-0.1, -0.05) is 0 Å². The summed E-state index contributed by atoms with van der Waals surface area (Å²) in [5.41, 5.74) is 4.60. The Morgan fingerprint density at radius 2 is 1.78 bits per heavy atom. The predicted octanol–water partition coefficient (Wildman–Crippen LogP) is 1.24. The van der Waals surface area contributed by atoms with Crippen LogP contribution < -0.4 is 5.73 Å².